The lowest BCUT2D eigenvalue weighted by atomic mass is 9.72. The SMILES string of the molecule is CC(=O)N1CCC(C(=O)OCCOc2ccc(C)cc2)(c2ccccc2)CC1. The van der Waals surface area contributed by atoms with E-state index >= 15 is 0 Å². The Hall–Kier alpha value is -2.82. The van der Waals surface area contributed by atoms with Gasteiger partial charge in [-0.2, -0.15) is 0 Å². The van der Waals surface area contributed by atoms with Crippen LogP contribution < -0.4 is 4.74 Å². The summed E-state index contributed by atoms with van der Waals surface area (Å²) in [5, 5.41) is 0. The number of benzene rings is 2. The van der Waals surface area contributed by atoms with Crippen molar-refractivity contribution in [3.05, 3.63) is 65.7 Å². The second kappa shape index (κ2) is 8.91. The highest BCUT2D eigenvalue weighted by atomic mass is 16.6. The normalized spacial score (nSPS) is 15.7. The highest BCUT2D eigenvalue weighted by Crippen LogP contribution is 2.37. The van der Waals surface area contributed by atoms with E-state index in [0.717, 1.165) is 11.3 Å². The van der Waals surface area contributed by atoms with Gasteiger partial charge in [-0.05, 0) is 37.5 Å². The fourth-order valence-electron chi connectivity index (χ4n) is 3.64. The maximum Gasteiger partial charge on any atom is 0.316 e. The van der Waals surface area contributed by atoms with E-state index in [9.17, 15) is 9.59 Å². The van der Waals surface area contributed by atoms with Crippen molar-refractivity contribution >= 4 is 11.9 Å². The zero-order valence-corrected chi connectivity index (χ0v) is 16.5. The van der Waals surface area contributed by atoms with Crippen LogP contribution >= 0.6 is 0 Å². The summed E-state index contributed by atoms with van der Waals surface area (Å²) in [5.41, 5.74) is 1.40. The molecule has 28 heavy (non-hydrogen) atoms. The number of nitrogens with zero attached hydrogens (tertiary/aromatic N) is 1. The van der Waals surface area contributed by atoms with Crippen molar-refractivity contribution in [3.63, 3.8) is 0 Å². The number of carbonyl (C=O) groups is 2. The average Bonchev–Trinajstić information content (AvgIpc) is 2.73. The van der Waals surface area contributed by atoms with Crippen LogP contribution in [0.3, 0.4) is 0 Å². The number of carbonyl (C=O) groups excluding carboxylic acids is 2. The number of rotatable bonds is 6. The van der Waals surface area contributed by atoms with Crippen molar-refractivity contribution in [2.45, 2.75) is 32.1 Å². The van der Waals surface area contributed by atoms with Gasteiger partial charge in [-0.25, -0.2) is 0 Å². The third kappa shape index (κ3) is 4.53. The molecule has 148 valence electrons. The van der Waals surface area contributed by atoms with Gasteiger partial charge in [0, 0.05) is 20.0 Å². The number of likely N-dealkylation sites (tertiary alicyclic amines) is 1. The standard InChI is InChI=1S/C23H27NO4/c1-18-8-10-21(11-9-18)27-16-17-28-22(26)23(20-6-4-3-5-7-20)12-14-24(15-13-23)19(2)25/h3-11H,12-17H2,1-2H3. The van der Waals surface area contributed by atoms with Gasteiger partial charge >= 0.3 is 5.97 Å². The molecule has 2 aromatic carbocycles. The first kappa shape index (κ1) is 19.9. The molecule has 1 aliphatic heterocycles. The second-order valence-corrected chi connectivity index (χ2v) is 7.25. The zero-order valence-electron chi connectivity index (χ0n) is 16.5. The van der Waals surface area contributed by atoms with Gasteiger partial charge in [0.05, 0.1) is 5.41 Å². The summed E-state index contributed by atoms with van der Waals surface area (Å²) in [6.07, 6.45) is 1.13. The van der Waals surface area contributed by atoms with Gasteiger partial charge in [-0.3, -0.25) is 9.59 Å². The molecule has 5 nitrogen and oxygen atoms in total. The van der Waals surface area contributed by atoms with Gasteiger partial charge in [0.25, 0.3) is 0 Å². The highest BCUT2D eigenvalue weighted by Gasteiger charge is 2.44. The van der Waals surface area contributed by atoms with Crippen LogP contribution in [0.1, 0.15) is 30.9 Å². The summed E-state index contributed by atoms with van der Waals surface area (Å²) >= 11 is 0. The summed E-state index contributed by atoms with van der Waals surface area (Å²) in [6.45, 7) is 5.19. The van der Waals surface area contributed by atoms with E-state index in [1.807, 2.05) is 61.5 Å². The van der Waals surface area contributed by atoms with Crippen LogP contribution in [0.2, 0.25) is 0 Å². The average molecular weight is 381 g/mol. The van der Waals surface area contributed by atoms with Gasteiger partial charge in [-0.1, -0.05) is 48.0 Å². The summed E-state index contributed by atoms with van der Waals surface area (Å²) < 4.78 is 11.3. The van der Waals surface area contributed by atoms with Crippen molar-refractivity contribution in [3.8, 4) is 5.75 Å². The minimum Gasteiger partial charge on any atom is -0.490 e. The Labute approximate surface area is 166 Å². The topological polar surface area (TPSA) is 55.8 Å². The first-order valence-electron chi connectivity index (χ1n) is 9.69. The van der Waals surface area contributed by atoms with Gasteiger partial charge in [0.1, 0.15) is 19.0 Å². The lowest BCUT2D eigenvalue weighted by molar-refractivity contribution is -0.155. The smallest absolute Gasteiger partial charge is 0.316 e. The predicted molar refractivity (Wildman–Crippen MR) is 107 cm³/mol. The molecule has 1 saturated heterocycles. The first-order valence-corrected chi connectivity index (χ1v) is 9.69. The van der Waals surface area contributed by atoms with E-state index in [1.165, 1.54) is 5.56 Å². The lowest BCUT2D eigenvalue weighted by Gasteiger charge is -2.40. The van der Waals surface area contributed by atoms with Gasteiger partial charge in [0.2, 0.25) is 5.91 Å². The van der Waals surface area contributed by atoms with Crippen molar-refractivity contribution in [2.75, 3.05) is 26.3 Å². The molecule has 0 N–H and O–H groups in total. The van der Waals surface area contributed by atoms with Crippen molar-refractivity contribution < 1.29 is 19.1 Å². The minimum atomic E-state index is -0.711. The molecule has 0 aliphatic carbocycles. The van der Waals surface area contributed by atoms with Crippen molar-refractivity contribution in [1.82, 2.24) is 4.90 Å². The number of aryl methyl sites for hydroxylation is 1. The number of amides is 1. The highest BCUT2D eigenvalue weighted by molar-refractivity contribution is 5.84. The number of hydrogen-bond donors (Lipinski definition) is 0. The van der Waals surface area contributed by atoms with Crippen LogP contribution in [0.4, 0.5) is 0 Å². The molecule has 1 amide bonds. The monoisotopic (exact) mass is 381 g/mol. The predicted octanol–water partition coefficient (Wildman–Crippen LogP) is 3.50. The van der Waals surface area contributed by atoms with E-state index in [-0.39, 0.29) is 18.5 Å². The number of ether oxygens (including phenoxy) is 2. The number of piperidine rings is 1. The molecule has 0 spiro atoms. The van der Waals surface area contributed by atoms with Gasteiger partial charge in [0.15, 0.2) is 0 Å². The number of esters is 1. The van der Waals surface area contributed by atoms with Gasteiger partial charge in [-0.15, -0.1) is 0 Å². The summed E-state index contributed by atoms with van der Waals surface area (Å²) in [6, 6.07) is 17.5. The summed E-state index contributed by atoms with van der Waals surface area (Å²) in [7, 11) is 0. The van der Waals surface area contributed by atoms with Crippen LogP contribution in [0, 0.1) is 6.92 Å². The Kier molecular flexibility index (Phi) is 6.34. The van der Waals surface area contributed by atoms with Crippen molar-refractivity contribution in [2.24, 2.45) is 0 Å². The molecule has 1 aliphatic rings. The van der Waals surface area contributed by atoms with Crippen LogP contribution in [-0.4, -0.2) is 43.1 Å². The maximum absolute atomic E-state index is 13.1. The molecular formula is C23H27NO4. The fraction of sp³-hybridized carbons (Fsp3) is 0.391. The van der Waals surface area contributed by atoms with E-state index < -0.39 is 5.41 Å². The summed E-state index contributed by atoms with van der Waals surface area (Å²) in [5.74, 6) is 0.560. The quantitative estimate of drug-likeness (QED) is 0.568. The van der Waals surface area contributed by atoms with E-state index in [1.54, 1.807) is 11.8 Å². The van der Waals surface area contributed by atoms with E-state index in [2.05, 4.69) is 0 Å². The lowest BCUT2D eigenvalue weighted by Crippen LogP contribution is -2.49. The molecule has 0 saturated carbocycles. The fourth-order valence-corrected chi connectivity index (χ4v) is 3.64. The zero-order chi connectivity index (χ0) is 20.0. The van der Waals surface area contributed by atoms with Crippen LogP contribution in [-0.2, 0) is 19.7 Å². The molecule has 0 unspecified atom stereocenters. The third-order valence-electron chi connectivity index (χ3n) is 5.39. The molecule has 0 bridgehead atoms. The molecule has 1 fully saturated rings. The van der Waals surface area contributed by atoms with Crippen LogP contribution in [0.15, 0.2) is 54.6 Å². The molecular weight excluding hydrogens is 354 g/mol. The molecule has 2 aromatic rings. The Morgan fingerprint density at radius 3 is 2.21 bits per heavy atom. The minimum absolute atomic E-state index is 0.0431. The Balaban J connectivity index is 1.62. The largest absolute Gasteiger partial charge is 0.490 e. The third-order valence-corrected chi connectivity index (χ3v) is 5.39. The van der Waals surface area contributed by atoms with E-state index in [4.69, 9.17) is 9.47 Å². The number of hydrogen-bond acceptors (Lipinski definition) is 4. The van der Waals surface area contributed by atoms with E-state index in [0.29, 0.717) is 32.5 Å². The molecule has 1 heterocycles. The Morgan fingerprint density at radius 1 is 0.964 bits per heavy atom. The molecule has 0 atom stereocenters. The Bertz CT molecular complexity index is 793. The maximum atomic E-state index is 13.1. The summed E-state index contributed by atoms with van der Waals surface area (Å²) in [4.78, 5) is 26.5. The molecule has 0 radical (unpaired) electrons. The molecule has 0 aromatic heterocycles. The van der Waals surface area contributed by atoms with Gasteiger partial charge < -0.3 is 14.4 Å². The Morgan fingerprint density at radius 2 is 1.61 bits per heavy atom. The molecule has 3 rings (SSSR count). The first-order chi connectivity index (χ1) is 13.5. The van der Waals surface area contributed by atoms with Crippen molar-refractivity contribution in [1.29, 1.82) is 0 Å². The molecule has 5 heteroatoms. The van der Waals surface area contributed by atoms with Crippen LogP contribution in [0.5, 0.6) is 5.75 Å². The van der Waals surface area contributed by atoms with Crippen LogP contribution in [0.25, 0.3) is 0 Å². The second-order valence-electron chi connectivity index (χ2n) is 7.25.